The second-order valence-electron chi connectivity index (χ2n) is 6.71. The predicted octanol–water partition coefficient (Wildman–Crippen LogP) is 5.09. The SMILES string of the molecule is CCCCCCOC(=O)C(CC)(CC)C(=O)OCCCc1ccccc1. The summed E-state index contributed by atoms with van der Waals surface area (Å²) in [6.07, 6.45) is 6.54. The van der Waals surface area contributed by atoms with Crippen molar-refractivity contribution in [3.63, 3.8) is 0 Å². The molecule has 0 aliphatic heterocycles. The highest BCUT2D eigenvalue weighted by atomic mass is 16.6. The normalized spacial score (nSPS) is 11.2. The fourth-order valence-corrected chi connectivity index (χ4v) is 2.97. The minimum Gasteiger partial charge on any atom is -0.465 e. The van der Waals surface area contributed by atoms with Gasteiger partial charge in [0.25, 0.3) is 0 Å². The van der Waals surface area contributed by atoms with E-state index in [2.05, 4.69) is 19.1 Å². The molecule has 0 saturated carbocycles. The van der Waals surface area contributed by atoms with Gasteiger partial charge in [0, 0.05) is 0 Å². The number of unbranched alkanes of at least 4 members (excludes halogenated alkanes) is 3. The second-order valence-corrected chi connectivity index (χ2v) is 6.71. The highest BCUT2D eigenvalue weighted by molar-refractivity contribution is 5.99. The van der Waals surface area contributed by atoms with E-state index in [1.165, 1.54) is 5.56 Å². The Bertz CT molecular complexity index is 520. The van der Waals surface area contributed by atoms with Crippen molar-refractivity contribution in [3.8, 4) is 0 Å². The Morgan fingerprint density at radius 1 is 0.808 bits per heavy atom. The largest absolute Gasteiger partial charge is 0.465 e. The average Bonchev–Trinajstić information content (AvgIpc) is 2.67. The van der Waals surface area contributed by atoms with E-state index in [0.29, 0.717) is 26.1 Å². The lowest BCUT2D eigenvalue weighted by Crippen LogP contribution is -2.41. The van der Waals surface area contributed by atoms with Gasteiger partial charge in [0.15, 0.2) is 5.41 Å². The van der Waals surface area contributed by atoms with E-state index in [1.807, 2.05) is 32.0 Å². The van der Waals surface area contributed by atoms with Crippen molar-refractivity contribution < 1.29 is 19.1 Å². The van der Waals surface area contributed by atoms with E-state index < -0.39 is 17.4 Å². The van der Waals surface area contributed by atoms with Crippen LogP contribution in [0.1, 0.15) is 71.3 Å². The van der Waals surface area contributed by atoms with Gasteiger partial charge in [0.1, 0.15) is 0 Å². The standard InChI is InChI=1S/C22H34O4/c1-4-7-8-12-17-25-20(23)22(5-2,6-3)21(24)26-18-13-16-19-14-10-9-11-15-19/h9-11,14-15H,4-8,12-13,16-18H2,1-3H3. The molecule has 0 amide bonds. The van der Waals surface area contributed by atoms with E-state index in [0.717, 1.165) is 38.5 Å². The van der Waals surface area contributed by atoms with E-state index >= 15 is 0 Å². The Balaban J connectivity index is 2.46. The number of benzene rings is 1. The van der Waals surface area contributed by atoms with Gasteiger partial charge in [-0.1, -0.05) is 70.4 Å². The molecular weight excluding hydrogens is 328 g/mol. The Kier molecular flexibility index (Phi) is 10.7. The zero-order valence-electron chi connectivity index (χ0n) is 16.6. The van der Waals surface area contributed by atoms with Crippen molar-refractivity contribution in [1.82, 2.24) is 0 Å². The molecule has 0 aliphatic rings. The minimum absolute atomic E-state index is 0.319. The number of aryl methyl sites for hydroxylation is 1. The first kappa shape index (κ1) is 22.2. The number of hydrogen-bond donors (Lipinski definition) is 0. The third kappa shape index (κ3) is 6.81. The molecule has 0 N–H and O–H groups in total. The molecule has 0 aliphatic carbocycles. The highest BCUT2D eigenvalue weighted by Gasteiger charge is 2.45. The Hall–Kier alpha value is -1.84. The van der Waals surface area contributed by atoms with E-state index in [4.69, 9.17) is 9.47 Å². The maximum Gasteiger partial charge on any atom is 0.323 e. The second kappa shape index (κ2) is 12.5. The average molecular weight is 363 g/mol. The summed E-state index contributed by atoms with van der Waals surface area (Å²) in [4.78, 5) is 25.1. The van der Waals surface area contributed by atoms with Gasteiger partial charge in [-0.15, -0.1) is 0 Å². The molecule has 0 saturated heterocycles. The molecular formula is C22H34O4. The van der Waals surface area contributed by atoms with Crippen LogP contribution in [0.15, 0.2) is 30.3 Å². The molecule has 0 fully saturated rings. The molecule has 0 aromatic heterocycles. The Labute approximate surface area is 158 Å². The fourth-order valence-electron chi connectivity index (χ4n) is 2.97. The lowest BCUT2D eigenvalue weighted by molar-refractivity contribution is -0.173. The van der Waals surface area contributed by atoms with Gasteiger partial charge in [-0.25, -0.2) is 0 Å². The van der Waals surface area contributed by atoms with Gasteiger partial charge in [-0.2, -0.15) is 0 Å². The molecule has 1 rings (SSSR count). The maximum atomic E-state index is 12.6. The quantitative estimate of drug-likeness (QED) is 0.278. The minimum atomic E-state index is -1.17. The van der Waals surface area contributed by atoms with Crippen LogP contribution in [0.5, 0.6) is 0 Å². The molecule has 1 aromatic rings. The first-order valence-electron chi connectivity index (χ1n) is 9.99. The van der Waals surface area contributed by atoms with E-state index in [-0.39, 0.29) is 0 Å². The Morgan fingerprint density at radius 3 is 1.92 bits per heavy atom. The lowest BCUT2D eigenvalue weighted by atomic mass is 9.82. The topological polar surface area (TPSA) is 52.6 Å². The molecule has 0 spiro atoms. The summed E-state index contributed by atoms with van der Waals surface area (Å²) >= 11 is 0. The lowest BCUT2D eigenvalue weighted by Gasteiger charge is -2.27. The zero-order chi connectivity index (χ0) is 19.3. The molecule has 146 valence electrons. The molecule has 0 bridgehead atoms. The molecule has 0 heterocycles. The van der Waals surface area contributed by atoms with Crippen LogP contribution >= 0.6 is 0 Å². The summed E-state index contributed by atoms with van der Waals surface area (Å²) in [7, 11) is 0. The van der Waals surface area contributed by atoms with Crippen LogP contribution in [0.4, 0.5) is 0 Å². The van der Waals surface area contributed by atoms with Crippen LogP contribution in [-0.4, -0.2) is 25.2 Å². The zero-order valence-corrected chi connectivity index (χ0v) is 16.6. The summed E-state index contributed by atoms with van der Waals surface area (Å²) in [5.74, 6) is -0.888. The molecule has 4 heteroatoms. The van der Waals surface area contributed by atoms with Gasteiger partial charge >= 0.3 is 11.9 Å². The highest BCUT2D eigenvalue weighted by Crippen LogP contribution is 2.30. The number of esters is 2. The fraction of sp³-hybridized carbons (Fsp3) is 0.636. The first-order valence-corrected chi connectivity index (χ1v) is 9.99. The van der Waals surface area contributed by atoms with E-state index in [1.54, 1.807) is 0 Å². The van der Waals surface area contributed by atoms with Crippen LogP contribution in [0.25, 0.3) is 0 Å². The van der Waals surface area contributed by atoms with Crippen LogP contribution in [0.3, 0.4) is 0 Å². The summed E-state index contributed by atoms with van der Waals surface area (Å²) in [5, 5.41) is 0. The van der Waals surface area contributed by atoms with Crippen molar-refractivity contribution >= 4 is 11.9 Å². The maximum absolute atomic E-state index is 12.6. The number of carbonyl (C=O) groups is 2. The third-order valence-electron chi connectivity index (χ3n) is 4.91. The van der Waals surface area contributed by atoms with Crippen molar-refractivity contribution in [3.05, 3.63) is 35.9 Å². The number of ether oxygens (including phenoxy) is 2. The monoisotopic (exact) mass is 362 g/mol. The molecule has 26 heavy (non-hydrogen) atoms. The molecule has 0 radical (unpaired) electrons. The summed E-state index contributed by atoms with van der Waals surface area (Å²) in [6.45, 7) is 6.51. The number of rotatable bonds is 13. The summed E-state index contributed by atoms with van der Waals surface area (Å²) in [5.41, 5.74) is 0.0459. The molecule has 0 unspecified atom stereocenters. The first-order chi connectivity index (χ1) is 12.6. The number of hydrogen-bond acceptors (Lipinski definition) is 4. The number of carbonyl (C=O) groups excluding carboxylic acids is 2. The molecule has 4 nitrogen and oxygen atoms in total. The smallest absolute Gasteiger partial charge is 0.323 e. The van der Waals surface area contributed by atoms with Crippen molar-refractivity contribution in [2.75, 3.05) is 13.2 Å². The van der Waals surface area contributed by atoms with E-state index in [9.17, 15) is 9.59 Å². The van der Waals surface area contributed by atoms with Gasteiger partial charge in [-0.3, -0.25) is 9.59 Å². The van der Waals surface area contributed by atoms with Crippen LogP contribution < -0.4 is 0 Å². The molecule has 0 atom stereocenters. The van der Waals surface area contributed by atoms with Crippen LogP contribution in [-0.2, 0) is 25.5 Å². The summed E-state index contributed by atoms with van der Waals surface area (Å²) < 4.78 is 10.8. The van der Waals surface area contributed by atoms with Gasteiger partial charge in [-0.05, 0) is 37.7 Å². The van der Waals surface area contributed by atoms with Crippen LogP contribution in [0, 0.1) is 5.41 Å². The Morgan fingerprint density at radius 2 is 1.38 bits per heavy atom. The third-order valence-corrected chi connectivity index (χ3v) is 4.91. The van der Waals surface area contributed by atoms with Gasteiger partial charge in [0.2, 0.25) is 0 Å². The van der Waals surface area contributed by atoms with Gasteiger partial charge in [0.05, 0.1) is 13.2 Å². The van der Waals surface area contributed by atoms with Crippen molar-refractivity contribution in [2.45, 2.75) is 72.1 Å². The molecule has 1 aromatic carbocycles. The van der Waals surface area contributed by atoms with Gasteiger partial charge < -0.3 is 9.47 Å². The predicted molar refractivity (Wildman–Crippen MR) is 104 cm³/mol. The van der Waals surface area contributed by atoms with Crippen LogP contribution in [0.2, 0.25) is 0 Å². The summed E-state index contributed by atoms with van der Waals surface area (Å²) in [6, 6.07) is 10.1. The van der Waals surface area contributed by atoms with Crippen molar-refractivity contribution in [2.24, 2.45) is 5.41 Å². The van der Waals surface area contributed by atoms with Crippen molar-refractivity contribution in [1.29, 1.82) is 0 Å².